The summed E-state index contributed by atoms with van der Waals surface area (Å²) in [5.41, 5.74) is 2.45. The lowest BCUT2D eigenvalue weighted by Crippen LogP contribution is -2.16. The van der Waals surface area contributed by atoms with Crippen molar-refractivity contribution < 1.29 is 0 Å². The molecule has 2 rings (SSSR count). The van der Waals surface area contributed by atoms with E-state index in [1.165, 1.54) is 11.3 Å². The van der Waals surface area contributed by atoms with E-state index in [9.17, 15) is 0 Å². The van der Waals surface area contributed by atoms with Gasteiger partial charge >= 0.3 is 0 Å². The zero-order valence-electron chi connectivity index (χ0n) is 8.80. The highest BCUT2D eigenvalue weighted by Gasteiger charge is 2.00. The molecule has 0 aliphatic carbocycles. The molecule has 0 saturated carbocycles. The van der Waals surface area contributed by atoms with Crippen LogP contribution in [-0.2, 0) is 6.54 Å². The second-order valence-electron chi connectivity index (χ2n) is 3.55. The van der Waals surface area contributed by atoms with Gasteiger partial charge in [-0.25, -0.2) is 0 Å². The Morgan fingerprint density at radius 1 is 1.07 bits per heavy atom. The van der Waals surface area contributed by atoms with Crippen molar-refractivity contribution in [1.29, 1.82) is 0 Å². The zero-order chi connectivity index (χ0) is 10.5. The van der Waals surface area contributed by atoms with Crippen LogP contribution in [0.3, 0.4) is 0 Å². The third-order valence-corrected chi connectivity index (χ3v) is 2.34. The summed E-state index contributed by atoms with van der Waals surface area (Å²) in [5.74, 6) is 0. The first-order chi connectivity index (χ1) is 7.36. The summed E-state index contributed by atoms with van der Waals surface area (Å²) >= 11 is 0. The van der Waals surface area contributed by atoms with Crippen LogP contribution in [0.15, 0.2) is 54.9 Å². The SMILES string of the molecule is CN(Cc1cccnc1)c1ccccc1. The topological polar surface area (TPSA) is 16.1 Å². The van der Waals surface area contributed by atoms with E-state index in [0.29, 0.717) is 0 Å². The molecule has 0 aliphatic heterocycles. The zero-order valence-corrected chi connectivity index (χ0v) is 8.80. The fourth-order valence-corrected chi connectivity index (χ4v) is 1.54. The number of benzene rings is 1. The highest BCUT2D eigenvalue weighted by Crippen LogP contribution is 2.13. The van der Waals surface area contributed by atoms with E-state index < -0.39 is 0 Å². The van der Waals surface area contributed by atoms with Crippen LogP contribution >= 0.6 is 0 Å². The average molecular weight is 198 g/mol. The Bertz CT molecular complexity index is 397. The van der Waals surface area contributed by atoms with Crippen molar-refractivity contribution >= 4 is 5.69 Å². The average Bonchev–Trinajstić information content (AvgIpc) is 2.31. The number of aromatic nitrogens is 1. The lowest BCUT2D eigenvalue weighted by Gasteiger charge is -2.18. The van der Waals surface area contributed by atoms with Gasteiger partial charge in [-0.1, -0.05) is 24.3 Å². The highest BCUT2D eigenvalue weighted by atomic mass is 15.1. The summed E-state index contributed by atoms with van der Waals surface area (Å²) in [4.78, 5) is 6.31. The van der Waals surface area contributed by atoms with Gasteiger partial charge in [0.05, 0.1) is 0 Å². The normalized spacial score (nSPS) is 9.93. The molecule has 0 amide bonds. The number of para-hydroxylation sites is 1. The number of pyridine rings is 1. The fourth-order valence-electron chi connectivity index (χ4n) is 1.54. The van der Waals surface area contributed by atoms with Gasteiger partial charge in [-0.15, -0.1) is 0 Å². The van der Waals surface area contributed by atoms with Crippen molar-refractivity contribution in [3.8, 4) is 0 Å². The second-order valence-corrected chi connectivity index (χ2v) is 3.55. The minimum absolute atomic E-state index is 0.887. The van der Waals surface area contributed by atoms with E-state index in [2.05, 4.69) is 47.3 Å². The molecule has 15 heavy (non-hydrogen) atoms. The predicted octanol–water partition coefficient (Wildman–Crippen LogP) is 2.72. The second kappa shape index (κ2) is 4.60. The fraction of sp³-hybridized carbons (Fsp3) is 0.154. The number of anilines is 1. The molecule has 1 aromatic heterocycles. The molecule has 0 fully saturated rings. The molecule has 1 aromatic carbocycles. The molecule has 0 N–H and O–H groups in total. The number of nitrogens with zero attached hydrogens (tertiary/aromatic N) is 2. The Kier molecular flexibility index (Phi) is 2.98. The Morgan fingerprint density at radius 2 is 1.87 bits per heavy atom. The van der Waals surface area contributed by atoms with E-state index >= 15 is 0 Å². The molecule has 0 saturated heterocycles. The Balaban J connectivity index is 2.08. The highest BCUT2D eigenvalue weighted by molar-refractivity contribution is 5.45. The molecule has 0 bridgehead atoms. The Hall–Kier alpha value is -1.83. The molecular formula is C13H14N2. The molecule has 2 heteroatoms. The van der Waals surface area contributed by atoms with Gasteiger partial charge in [-0.05, 0) is 23.8 Å². The lowest BCUT2D eigenvalue weighted by molar-refractivity contribution is 0.915. The maximum absolute atomic E-state index is 4.10. The van der Waals surface area contributed by atoms with Crippen molar-refractivity contribution in [2.45, 2.75) is 6.54 Å². The van der Waals surface area contributed by atoms with Gasteiger partial charge in [-0.3, -0.25) is 4.98 Å². The van der Waals surface area contributed by atoms with E-state index in [-0.39, 0.29) is 0 Å². The number of hydrogen-bond acceptors (Lipinski definition) is 2. The summed E-state index contributed by atoms with van der Waals surface area (Å²) in [6.45, 7) is 0.887. The predicted molar refractivity (Wildman–Crippen MR) is 62.8 cm³/mol. The number of rotatable bonds is 3. The summed E-state index contributed by atoms with van der Waals surface area (Å²) in [6, 6.07) is 14.4. The molecule has 0 aliphatic rings. The Labute approximate surface area is 90.2 Å². The largest absolute Gasteiger partial charge is 0.370 e. The summed E-state index contributed by atoms with van der Waals surface area (Å²) in [6.07, 6.45) is 3.70. The van der Waals surface area contributed by atoms with Crippen molar-refractivity contribution in [3.05, 3.63) is 60.4 Å². The first-order valence-corrected chi connectivity index (χ1v) is 5.01. The lowest BCUT2D eigenvalue weighted by atomic mass is 10.2. The van der Waals surface area contributed by atoms with Gasteiger partial charge in [0.25, 0.3) is 0 Å². The van der Waals surface area contributed by atoms with Gasteiger partial charge in [0.1, 0.15) is 0 Å². The summed E-state index contributed by atoms with van der Waals surface area (Å²) in [5, 5.41) is 0. The minimum atomic E-state index is 0.887. The van der Waals surface area contributed by atoms with Gasteiger partial charge < -0.3 is 4.90 Å². The van der Waals surface area contributed by atoms with Crippen LogP contribution < -0.4 is 4.90 Å². The van der Waals surface area contributed by atoms with Crippen LogP contribution in [0.4, 0.5) is 5.69 Å². The van der Waals surface area contributed by atoms with E-state index in [1.54, 1.807) is 6.20 Å². The molecule has 0 spiro atoms. The van der Waals surface area contributed by atoms with E-state index in [1.807, 2.05) is 18.3 Å². The maximum Gasteiger partial charge on any atom is 0.0441 e. The minimum Gasteiger partial charge on any atom is -0.370 e. The van der Waals surface area contributed by atoms with Crippen molar-refractivity contribution in [3.63, 3.8) is 0 Å². The van der Waals surface area contributed by atoms with Crippen LogP contribution in [-0.4, -0.2) is 12.0 Å². The molecule has 0 unspecified atom stereocenters. The molecule has 2 aromatic rings. The van der Waals surface area contributed by atoms with Crippen molar-refractivity contribution in [2.75, 3.05) is 11.9 Å². The van der Waals surface area contributed by atoms with Crippen LogP contribution in [0.5, 0.6) is 0 Å². The molecule has 0 radical (unpaired) electrons. The molecule has 2 nitrogen and oxygen atoms in total. The monoisotopic (exact) mass is 198 g/mol. The van der Waals surface area contributed by atoms with E-state index in [0.717, 1.165) is 6.54 Å². The third-order valence-electron chi connectivity index (χ3n) is 2.34. The standard InChI is InChI=1S/C13H14N2/c1-15(13-7-3-2-4-8-13)11-12-6-5-9-14-10-12/h2-10H,11H2,1H3. The van der Waals surface area contributed by atoms with Gasteiger partial charge in [0, 0.05) is 31.7 Å². The summed E-state index contributed by atoms with van der Waals surface area (Å²) in [7, 11) is 2.09. The Morgan fingerprint density at radius 3 is 2.53 bits per heavy atom. The molecule has 1 heterocycles. The molecule has 0 atom stereocenters. The first kappa shape index (κ1) is 9.71. The van der Waals surface area contributed by atoms with Crippen LogP contribution in [0.25, 0.3) is 0 Å². The number of hydrogen-bond donors (Lipinski definition) is 0. The smallest absolute Gasteiger partial charge is 0.0441 e. The summed E-state index contributed by atoms with van der Waals surface area (Å²) < 4.78 is 0. The van der Waals surface area contributed by atoms with Gasteiger partial charge in [0.2, 0.25) is 0 Å². The van der Waals surface area contributed by atoms with Crippen LogP contribution in [0.2, 0.25) is 0 Å². The molecular weight excluding hydrogens is 184 g/mol. The van der Waals surface area contributed by atoms with Gasteiger partial charge in [0.15, 0.2) is 0 Å². The van der Waals surface area contributed by atoms with Crippen LogP contribution in [0, 0.1) is 0 Å². The van der Waals surface area contributed by atoms with Crippen molar-refractivity contribution in [1.82, 2.24) is 4.98 Å². The van der Waals surface area contributed by atoms with Gasteiger partial charge in [-0.2, -0.15) is 0 Å². The van der Waals surface area contributed by atoms with E-state index in [4.69, 9.17) is 0 Å². The maximum atomic E-state index is 4.10. The molecule has 76 valence electrons. The van der Waals surface area contributed by atoms with Crippen molar-refractivity contribution in [2.24, 2.45) is 0 Å². The third kappa shape index (κ3) is 2.56. The quantitative estimate of drug-likeness (QED) is 0.753. The first-order valence-electron chi connectivity index (χ1n) is 5.01. The van der Waals surface area contributed by atoms with Crippen LogP contribution in [0.1, 0.15) is 5.56 Å².